The Morgan fingerprint density at radius 1 is 1.23 bits per heavy atom. The molecule has 0 aliphatic rings. The highest BCUT2D eigenvalue weighted by Crippen LogP contribution is 2.18. The van der Waals surface area contributed by atoms with E-state index in [9.17, 15) is 14.9 Å². The van der Waals surface area contributed by atoms with Crippen LogP contribution in [0.2, 0.25) is 0 Å². The van der Waals surface area contributed by atoms with Crippen LogP contribution in [0, 0.1) is 24.0 Å². The largest absolute Gasteiger partial charge is 0.483 e. The number of nitro benzene ring substituents is 1. The third-order valence-electron chi connectivity index (χ3n) is 3.43. The lowest BCUT2D eigenvalue weighted by Gasteiger charge is -2.08. The molecule has 0 unspecified atom stereocenters. The predicted octanol–water partition coefficient (Wildman–Crippen LogP) is 3.41. The number of benzene rings is 2. The zero-order chi connectivity index (χ0) is 18.9. The molecule has 0 atom stereocenters. The highest BCUT2D eigenvalue weighted by Gasteiger charge is 2.04. The maximum Gasteiger partial charge on any atom is 0.277 e. The Balaban J connectivity index is 1.76. The summed E-state index contributed by atoms with van der Waals surface area (Å²) in [5.41, 5.74) is 5.27. The lowest BCUT2D eigenvalue weighted by molar-refractivity contribution is -0.384. The van der Waals surface area contributed by atoms with Gasteiger partial charge in [-0.05, 0) is 49.2 Å². The number of aryl methyl sites for hydroxylation is 2. The van der Waals surface area contributed by atoms with E-state index in [1.807, 2.05) is 32.0 Å². The number of nitro groups is 1. The monoisotopic (exact) mass is 353 g/mol. The van der Waals surface area contributed by atoms with Crippen LogP contribution in [-0.4, -0.2) is 23.7 Å². The number of nitrogens with one attached hydrogen (secondary N) is 1. The van der Waals surface area contributed by atoms with Gasteiger partial charge < -0.3 is 4.74 Å². The van der Waals surface area contributed by atoms with E-state index < -0.39 is 4.92 Å². The molecule has 2 aromatic rings. The maximum absolute atomic E-state index is 11.7. The van der Waals surface area contributed by atoms with Crippen LogP contribution in [0.5, 0.6) is 5.75 Å². The van der Waals surface area contributed by atoms with E-state index in [-0.39, 0.29) is 18.2 Å². The number of allylic oxidation sites excluding steroid dienone is 1. The summed E-state index contributed by atoms with van der Waals surface area (Å²) in [6.45, 7) is 3.77. The normalized spacial score (nSPS) is 11.0. The van der Waals surface area contributed by atoms with Gasteiger partial charge in [-0.3, -0.25) is 14.9 Å². The molecule has 7 heteroatoms. The van der Waals surface area contributed by atoms with Crippen molar-refractivity contribution in [3.05, 3.63) is 75.3 Å². The number of rotatable bonds is 7. The lowest BCUT2D eigenvalue weighted by atomic mass is 10.1. The summed E-state index contributed by atoms with van der Waals surface area (Å²) in [7, 11) is 0. The molecule has 1 N–H and O–H groups in total. The first kappa shape index (κ1) is 18.9. The maximum atomic E-state index is 11.7. The summed E-state index contributed by atoms with van der Waals surface area (Å²) in [6, 6.07) is 11.8. The van der Waals surface area contributed by atoms with Gasteiger partial charge in [0.15, 0.2) is 6.61 Å². The van der Waals surface area contributed by atoms with Gasteiger partial charge in [-0.25, -0.2) is 5.43 Å². The van der Waals surface area contributed by atoms with Crippen LogP contribution < -0.4 is 10.2 Å². The van der Waals surface area contributed by atoms with Crippen molar-refractivity contribution in [3.8, 4) is 5.75 Å². The van der Waals surface area contributed by atoms with Crippen molar-refractivity contribution >= 4 is 23.9 Å². The zero-order valence-corrected chi connectivity index (χ0v) is 14.5. The molecule has 2 aromatic carbocycles. The Labute approximate surface area is 151 Å². The summed E-state index contributed by atoms with van der Waals surface area (Å²) in [5, 5.41) is 14.3. The number of carbonyl (C=O) groups excluding carboxylic acids is 1. The quantitative estimate of drug-likeness (QED) is 0.469. The second-order valence-corrected chi connectivity index (χ2v) is 5.58. The molecule has 134 valence electrons. The number of hydrogen-bond donors (Lipinski definition) is 1. The van der Waals surface area contributed by atoms with Crippen molar-refractivity contribution in [2.45, 2.75) is 13.8 Å². The minimum absolute atomic E-state index is 0.0342. The third-order valence-corrected chi connectivity index (χ3v) is 3.43. The van der Waals surface area contributed by atoms with E-state index in [0.29, 0.717) is 5.75 Å². The lowest BCUT2D eigenvalue weighted by Crippen LogP contribution is -2.24. The molecule has 0 saturated heterocycles. The summed E-state index contributed by atoms with van der Waals surface area (Å²) in [4.78, 5) is 21.8. The van der Waals surface area contributed by atoms with Gasteiger partial charge in [0, 0.05) is 18.3 Å². The Hall–Kier alpha value is -3.48. The van der Waals surface area contributed by atoms with Crippen molar-refractivity contribution < 1.29 is 14.5 Å². The molecule has 0 aromatic heterocycles. The van der Waals surface area contributed by atoms with E-state index >= 15 is 0 Å². The average Bonchev–Trinajstić information content (AvgIpc) is 2.61. The van der Waals surface area contributed by atoms with Crippen LogP contribution in [0.15, 0.2) is 53.6 Å². The fourth-order valence-corrected chi connectivity index (χ4v) is 2.15. The van der Waals surface area contributed by atoms with E-state index in [0.717, 1.165) is 16.7 Å². The highest BCUT2D eigenvalue weighted by atomic mass is 16.6. The van der Waals surface area contributed by atoms with Crippen LogP contribution in [0.4, 0.5) is 5.69 Å². The van der Waals surface area contributed by atoms with Crippen molar-refractivity contribution in [1.29, 1.82) is 0 Å². The predicted molar refractivity (Wildman–Crippen MR) is 100 cm³/mol. The van der Waals surface area contributed by atoms with Crippen LogP contribution in [0.25, 0.3) is 6.08 Å². The van der Waals surface area contributed by atoms with Gasteiger partial charge in [0.1, 0.15) is 5.75 Å². The number of hydrazone groups is 1. The van der Waals surface area contributed by atoms with Gasteiger partial charge in [0.2, 0.25) is 0 Å². The average molecular weight is 353 g/mol. The number of non-ortho nitro benzene ring substituents is 1. The van der Waals surface area contributed by atoms with Crippen LogP contribution in [-0.2, 0) is 4.79 Å². The van der Waals surface area contributed by atoms with Gasteiger partial charge >= 0.3 is 0 Å². The number of amides is 1. The molecule has 0 heterocycles. The van der Waals surface area contributed by atoms with Gasteiger partial charge in [0.05, 0.1) is 4.92 Å². The summed E-state index contributed by atoms with van der Waals surface area (Å²) < 4.78 is 5.45. The van der Waals surface area contributed by atoms with E-state index in [1.165, 1.54) is 18.3 Å². The molecule has 0 spiro atoms. The van der Waals surface area contributed by atoms with Gasteiger partial charge in [-0.2, -0.15) is 5.10 Å². The Bertz CT molecular complexity index is 842. The topological polar surface area (TPSA) is 93.8 Å². The summed E-state index contributed by atoms with van der Waals surface area (Å²) in [5.74, 6) is 0.290. The summed E-state index contributed by atoms with van der Waals surface area (Å²) >= 11 is 0. The standard InChI is InChI=1S/C19H19N3O4/c1-14-5-10-18(15(2)12-14)26-13-19(23)21-20-11-3-4-16-6-8-17(9-7-16)22(24)25/h3-12H,13H2,1-2H3,(H,21,23)/b4-3+,20-11-. The van der Waals surface area contributed by atoms with Crippen LogP contribution in [0.1, 0.15) is 16.7 Å². The smallest absolute Gasteiger partial charge is 0.277 e. The third kappa shape index (κ3) is 5.86. The molecule has 0 fully saturated rings. The molecule has 1 amide bonds. The second-order valence-electron chi connectivity index (χ2n) is 5.58. The van der Waals surface area contributed by atoms with Gasteiger partial charge in [0.25, 0.3) is 11.6 Å². The first-order chi connectivity index (χ1) is 12.5. The number of nitrogens with zero attached hydrogens (tertiary/aromatic N) is 2. The van der Waals surface area contributed by atoms with Crippen LogP contribution >= 0.6 is 0 Å². The minimum Gasteiger partial charge on any atom is -0.483 e. The highest BCUT2D eigenvalue weighted by molar-refractivity contribution is 5.82. The summed E-state index contributed by atoms with van der Waals surface area (Å²) in [6.07, 6.45) is 4.74. The van der Waals surface area contributed by atoms with Crippen LogP contribution in [0.3, 0.4) is 0 Å². The fraction of sp³-hybridized carbons (Fsp3) is 0.158. The molecule has 0 aliphatic heterocycles. The van der Waals surface area contributed by atoms with E-state index in [2.05, 4.69) is 10.5 Å². The van der Waals surface area contributed by atoms with Gasteiger partial charge in [-0.15, -0.1) is 0 Å². The van der Waals surface area contributed by atoms with Crippen molar-refractivity contribution in [1.82, 2.24) is 5.43 Å². The SMILES string of the molecule is Cc1ccc(OCC(=O)N/N=C\C=C\c2ccc([N+](=O)[O-])cc2)c(C)c1. The first-order valence-electron chi connectivity index (χ1n) is 7.89. The zero-order valence-electron chi connectivity index (χ0n) is 14.5. The molecular formula is C19H19N3O4. The number of carbonyl (C=O) groups is 1. The number of hydrogen-bond acceptors (Lipinski definition) is 5. The van der Waals surface area contributed by atoms with Crippen molar-refractivity contribution in [3.63, 3.8) is 0 Å². The Morgan fingerprint density at radius 3 is 2.62 bits per heavy atom. The van der Waals surface area contributed by atoms with Crippen molar-refractivity contribution in [2.75, 3.05) is 6.61 Å². The molecule has 26 heavy (non-hydrogen) atoms. The minimum atomic E-state index is -0.454. The van der Waals surface area contributed by atoms with Crippen molar-refractivity contribution in [2.24, 2.45) is 5.10 Å². The van der Waals surface area contributed by atoms with Gasteiger partial charge in [-0.1, -0.05) is 23.8 Å². The molecule has 7 nitrogen and oxygen atoms in total. The molecule has 2 rings (SSSR count). The second kappa shape index (κ2) is 9.12. The molecule has 0 aliphatic carbocycles. The number of ether oxygens (including phenoxy) is 1. The Kier molecular flexibility index (Phi) is 6.61. The Morgan fingerprint density at radius 2 is 1.96 bits per heavy atom. The molecular weight excluding hydrogens is 334 g/mol. The molecule has 0 bridgehead atoms. The first-order valence-corrected chi connectivity index (χ1v) is 7.89. The molecule has 0 radical (unpaired) electrons. The van der Waals surface area contributed by atoms with E-state index in [4.69, 9.17) is 4.74 Å². The fourth-order valence-electron chi connectivity index (χ4n) is 2.15. The van der Waals surface area contributed by atoms with E-state index in [1.54, 1.807) is 24.3 Å². The molecule has 0 saturated carbocycles.